The van der Waals surface area contributed by atoms with Crippen LogP contribution >= 0.6 is 12.4 Å². The van der Waals surface area contributed by atoms with Gasteiger partial charge in [0.15, 0.2) is 0 Å². The van der Waals surface area contributed by atoms with Crippen LogP contribution in [0.25, 0.3) is 0 Å². The van der Waals surface area contributed by atoms with Gasteiger partial charge in [-0.05, 0) is 56.4 Å². The molecule has 140 valence electrons. The minimum Gasteiger partial charge on any atom is -0.339 e. The van der Waals surface area contributed by atoms with Crippen molar-refractivity contribution in [3.63, 3.8) is 0 Å². The zero-order valence-corrected chi connectivity index (χ0v) is 16.4. The van der Waals surface area contributed by atoms with Crippen molar-refractivity contribution in [1.82, 2.24) is 4.90 Å². The van der Waals surface area contributed by atoms with Crippen LogP contribution in [0.2, 0.25) is 0 Å². The molecule has 6 heteroatoms. The fraction of sp³-hybridized carbons (Fsp3) is 0.579. The van der Waals surface area contributed by atoms with E-state index >= 15 is 0 Å². The molecule has 0 bridgehead atoms. The molecule has 1 saturated heterocycles. The number of likely N-dealkylation sites (tertiary alicyclic amines) is 1. The van der Waals surface area contributed by atoms with Crippen LogP contribution in [0.3, 0.4) is 0 Å². The van der Waals surface area contributed by atoms with Crippen molar-refractivity contribution in [2.45, 2.75) is 46.6 Å². The maximum atomic E-state index is 12.6. The van der Waals surface area contributed by atoms with Crippen LogP contribution in [0.1, 0.15) is 49.5 Å². The summed E-state index contributed by atoms with van der Waals surface area (Å²) in [6.07, 6.45) is 2.13. The molecule has 1 aliphatic rings. The van der Waals surface area contributed by atoms with E-state index in [1.54, 1.807) is 12.1 Å². The minimum atomic E-state index is -0.263. The molecule has 5 nitrogen and oxygen atoms in total. The number of benzene rings is 1. The van der Waals surface area contributed by atoms with Gasteiger partial charge >= 0.3 is 0 Å². The smallest absolute Gasteiger partial charge is 0.253 e. The quantitative estimate of drug-likeness (QED) is 0.857. The molecule has 0 radical (unpaired) electrons. The van der Waals surface area contributed by atoms with Crippen LogP contribution in [0.15, 0.2) is 18.2 Å². The number of anilines is 1. The number of piperidine rings is 1. The third-order valence-corrected chi connectivity index (χ3v) is 5.00. The van der Waals surface area contributed by atoms with Crippen LogP contribution in [0, 0.1) is 18.8 Å². The maximum absolute atomic E-state index is 12.6. The molecule has 2 amide bonds. The molecule has 0 saturated carbocycles. The Kier molecular flexibility index (Phi) is 7.90. The monoisotopic (exact) mass is 367 g/mol. The summed E-state index contributed by atoms with van der Waals surface area (Å²) in [5.41, 5.74) is 8.07. The molecule has 0 spiro atoms. The standard InChI is InChI=1S/C19H29N3O2.ClH/c1-12-7-9-22(10-8-12)19(24)16-5-6-17(13(2)11-16)21-18(23)14(3)15(4)20;/h5-6,11-12,14-15H,7-10,20H2,1-4H3,(H,21,23);1H. The van der Waals surface area contributed by atoms with E-state index in [4.69, 9.17) is 5.73 Å². The number of nitrogens with one attached hydrogen (secondary N) is 1. The molecule has 3 N–H and O–H groups in total. The summed E-state index contributed by atoms with van der Waals surface area (Å²) in [6.45, 7) is 9.41. The highest BCUT2D eigenvalue weighted by atomic mass is 35.5. The molecular weight excluding hydrogens is 338 g/mol. The van der Waals surface area contributed by atoms with Gasteiger partial charge in [-0.2, -0.15) is 0 Å². The number of aryl methyl sites for hydroxylation is 1. The topological polar surface area (TPSA) is 75.4 Å². The van der Waals surface area contributed by atoms with Crippen molar-refractivity contribution in [3.8, 4) is 0 Å². The van der Waals surface area contributed by atoms with E-state index in [1.807, 2.05) is 31.7 Å². The number of rotatable bonds is 4. The lowest BCUT2D eigenvalue weighted by Gasteiger charge is -2.30. The number of halogens is 1. The molecular formula is C19H30ClN3O2. The van der Waals surface area contributed by atoms with Gasteiger partial charge in [-0.25, -0.2) is 0 Å². The molecule has 2 rings (SSSR count). The van der Waals surface area contributed by atoms with E-state index < -0.39 is 0 Å². The fourth-order valence-corrected chi connectivity index (χ4v) is 2.82. The number of hydrogen-bond donors (Lipinski definition) is 2. The lowest BCUT2D eigenvalue weighted by Crippen LogP contribution is -2.38. The summed E-state index contributed by atoms with van der Waals surface area (Å²) in [4.78, 5) is 26.7. The van der Waals surface area contributed by atoms with Crippen LogP contribution in [0.4, 0.5) is 5.69 Å². The molecule has 2 atom stereocenters. The lowest BCUT2D eigenvalue weighted by molar-refractivity contribution is -0.119. The minimum absolute atomic E-state index is 0. The summed E-state index contributed by atoms with van der Waals surface area (Å²) >= 11 is 0. The normalized spacial score (nSPS) is 17.4. The predicted molar refractivity (Wildman–Crippen MR) is 104 cm³/mol. The van der Waals surface area contributed by atoms with E-state index in [0.717, 1.165) is 37.2 Å². The second-order valence-corrected chi connectivity index (χ2v) is 7.14. The molecule has 1 aromatic rings. The molecule has 1 aromatic carbocycles. The van der Waals surface area contributed by atoms with Crippen molar-refractivity contribution in [1.29, 1.82) is 0 Å². The first-order valence-electron chi connectivity index (χ1n) is 8.76. The van der Waals surface area contributed by atoms with Crippen LogP contribution in [0.5, 0.6) is 0 Å². The van der Waals surface area contributed by atoms with Crippen molar-refractivity contribution in [2.24, 2.45) is 17.6 Å². The number of hydrogen-bond acceptors (Lipinski definition) is 3. The number of nitrogens with zero attached hydrogens (tertiary/aromatic N) is 1. The Labute approximate surface area is 156 Å². The van der Waals surface area contributed by atoms with Crippen molar-refractivity contribution >= 4 is 29.9 Å². The molecule has 0 aliphatic carbocycles. The number of carbonyl (C=O) groups excluding carboxylic acids is 2. The van der Waals surface area contributed by atoms with E-state index in [9.17, 15) is 9.59 Å². The second-order valence-electron chi connectivity index (χ2n) is 7.14. The summed E-state index contributed by atoms with van der Waals surface area (Å²) < 4.78 is 0. The Morgan fingerprint density at radius 3 is 2.36 bits per heavy atom. The van der Waals surface area contributed by atoms with Gasteiger partial charge in [0.1, 0.15) is 0 Å². The van der Waals surface area contributed by atoms with E-state index in [1.165, 1.54) is 0 Å². The first-order chi connectivity index (χ1) is 11.3. The van der Waals surface area contributed by atoms with Crippen molar-refractivity contribution < 1.29 is 9.59 Å². The fourth-order valence-electron chi connectivity index (χ4n) is 2.82. The Bertz CT molecular complexity index is 611. The Morgan fingerprint density at radius 1 is 1.24 bits per heavy atom. The average molecular weight is 368 g/mol. The number of carbonyl (C=O) groups is 2. The van der Waals surface area contributed by atoms with E-state index in [2.05, 4.69) is 12.2 Å². The highest BCUT2D eigenvalue weighted by Crippen LogP contribution is 2.22. The predicted octanol–water partition coefficient (Wildman–Crippen LogP) is 3.21. The van der Waals surface area contributed by atoms with E-state index in [-0.39, 0.29) is 36.2 Å². The Hall–Kier alpha value is -1.59. The zero-order chi connectivity index (χ0) is 17.9. The summed E-state index contributed by atoms with van der Waals surface area (Å²) in [5.74, 6) is 0.408. The summed E-state index contributed by atoms with van der Waals surface area (Å²) in [7, 11) is 0. The molecule has 1 heterocycles. The Balaban J connectivity index is 0.00000312. The molecule has 2 unspecified atom stereocenters. The van der Waals surface area contributed by atoms with Crippen molar-refractivity contribution in [3.05, 3.63) is 29.3 Å². The van der Waals surface area contributed by atoms with Gasteiger partial charge in [0.2, 0.25) is 5.91 Å². The SMILES string of the molecule is Cc1cc(C(=O)N2CCC(C)CC2)ccc1NC(=O)C(C)C(C)N.Cl. The van der Waals surface area contributed by atoms with Gasteiger partial charge in [-0.3, -0.25) is 9.59 Å². The van der Waals surface area contributed by atoms with Gasteiger partial charge in [0.05, 0.1) is 5.92 Å². The second kappa shape index (κ2) is 9.20. The van der Waals surface area contributed by atoms with Crippen LogP contribution < -0.4 is 11.1 Å². The molecule has 1 aliphatic heterocycles. The summed E-state index contributed by atoms with van der Waals surface area (Å²) in [6, 6.07) is 5.25. The van der Waals surface area contributed by atoms with Gasteiger partial charge in [0, 0.05) is 30.4 Å². The Morgan fingerprint density at radius 2 is 1.84 bits per heavy atom. The molecule has 1 fully saturated rings. The van der Waals surface area contributed by atoms with Crippen LogP contribution in [-0.4, -0.2) is 35.8 Å². The first-order valence-corrected chi connectivity index (χ1v) is 8.76. The number of nitrogens with two attached hydrogens (primary N) is 1. The molecule has 0 aromatic heterocycles. The maximum Gasteiger partial charge on any atom is 0.253 e. The molecule has 25 heavy (non-hydrogen) atoms. The summed E-state index contributed by atoms with van der Waals surface area (Å²) in [5, 5.41) is 2.90. The zero-order valence-electron chi connectivity index (χ0n) is 15.5. The van der Waals surface area contributed by atoms with Gasteiger partial charge in [0.25, 0.3) is 5.91 Å². The first kappa shape index (κ1) is 21.5. The van der Waals surface area contributed by atoms with Gasteiger partial charge < -0.3 is 16.0 Å². The third kappa shape index (κ3) is 5.44. The van der Waals surface area contributed by atoms with Crippen molar-refractivity contribution in [2.75, 3.05) is 18.4 Å². The van der Waals surface area contributed by atoms with Crippen LogP contribution in [-0.2, 0) is 4.79 Å². The lowest BCUT2D eigenvalue weighted by atomic mass is 9.98. The van der Waals surface area contributed by atoms with E-state index in [0.29, 0.717) is 11.5 Å². The highest BCUT2D eigenvalue weighted by molar-refractivity contribution is 5.97. The van der Waals surface area contributed by atoms with Gasteiger partial charge in [-0.1, -0.05) is 13.8 Å². The average Bonchev–Trinajstić information content (AvgIpc) is 2.55. The van der Waals surface area contributed by atoms with Gasteiger partial charge in [-0.15, -0.1) is 12.4 Å². The third-order valence-electron chi connectivity index (χ3n) is 5.00. The highest BCUT2D eigenvalue weighted by Gasteiger charge is 2.22. The largest absolute Gasteiger partial charge is 0.339 e. The number of amides is 2.